The first-order valence-corrected chi connectivity index (χ1v) is 8.44. The molecule has 4 rings (SSSR count). The van der Waals surface area contributed by atoms with Crippen molar-refractivity contribution >= 4 is 16.7 Å². The molecular weight excluding hydrogens is 344 g/mol. The van der Waals surface area contributed by atoms with Crippen molar-refractivity contribution in [2.45, 2.75) is 20.0 Å². The van der Waals surface area contributed by atoms with Gasteiger partial charge in [-0.15, -0.1) is 0 Å². The number of pyridine rings is 3. The summed E-state index contributed by atoms with van der Waals surface area (Å²) in [4.78, 5) is 23.4. The topological polar surface area (TPSA) is 112 Å². The van der Waals surface area contributed by atoms with Crippen molar-refractivity contribution in [1.82, 2.24) is 24.7 Å². The van der Waals surface area contributed by atoms with E-state index in [1.165, 1.54) is 6.07 Å². The number of aromatic nitrogens is 5. The van der Waals surface area contributed by atoms with Crippen molar-refractivity contribution in [2.24, 2.45) is 0 Å². The summed E-state index contributed by atoms with van der Waals surface area (Å²) in [7, 11) is 0. The Balaban J connectivity index is 1.73. The Hall–Kier alpha value is -3.68. The highest BCUT2D eigenvalue weighted by atomic mass is 16.5. The number of H-pyrrole nitrogens is 1. The third kappa shape index (κ3) is 3.24. The molecule has 3 N–H and O–H groups in total. The van der Waals surface area contributed by atoms with E-state index >= 15 is 0 Å². The number of nitrogen functional groups attached to an aromatic ring is 1. The van der Waals surface area contributed by atoms with Crippen LogP contribution in [-0.4, -0.2) is 24.7 Å². The molecule has 0 fully saturated rings. The van der Waals surface area contributed by atoms with E-state index in [1.807, 2.05) is 19.9 Å². The second-order valence-corrected chi connectivity index (χ2v) is 6.22. The van der Waals surface area contributed by atoms with Gasteiger partial charge in [0.25, 0.3) is 0 Å². The molecule has 0 spiro atoms. The van der Waals surface area contributed by atoms with E-state index in [0.29, 0.717) is 11.4 Å². The molecule has 0 unspecified atom stereocenters. The van der Waals surface area contributed by atoms with Gasteiger partial charge in [-0.25, -0.2) is 9.67 Å². The SMILES string of the molecule is Cc1cc2nc(N)c(O[C@@H](C)c3[nH]c(=O)ccc3-n3cccn3)cc2cn1. The monoisotopic (exact) mass is 362 g/mol. The summed E-state index contributed by atoms with van der Waals surface area (Å²) in [5.41, 5.74) is 8.79. The molecule has 0 amide bonds. The van der Waals surface area contributed by atoms with Crippen molar-refractivity contribution in [2.75, 3.05) is 5.73 Å². The molecule has 4 aromatic heterocycles. The minimum atomic E-state index is -0.488. The van der Waals surface area contributed by atoms with Crippen LogP contribution >= 0.6 is 0 Å². The Bertz CT molecular complexity index is 1170. The van der Waals surface area contributed by atoms with Crippen molar-refractivity contribution in [3.63, 3.8) is 0 Å². The van der Waals surface area contributed by atoms with Crippen LogP contribution < -0.4 is 16.0 Å². The van der Waals surface area contributed by atoms with Crippen molar-refractivity contribution in [1.29, 1.82) is 0 Å². The van der Waals surface area contributed by atoms with Crippen LogP contribution in [0.15, 0.2) is 53.7 Å². The fourth-order valence-corrected chi connectivity index (χ4v) is 2.91. The molecule has 0 bridgehead atoms. The lowest BCUT2D eigenvalue weighted by Gasteiger charge is -2.19. The molecule has 0 aliphatic rings. The van der Waals surface area contributed by atoms with Crippen molar-refractivity contribution in [3.8, 4) is 11.4 Å². The van der Waals surface area contributed by atoms with Gasteiger partial charge in [0.1, 0.15) is 6.10 Å². The van der Waals surface area contributed by atoms with E-state index < -0.39 is 6.10 Å². The van der Waals surface area contributed by atoms with Crippen LogP contribution in [-0.2, 0) is 0 Å². The van der Waals surface area contributed by atoms with Crippen molar-refractivity contribution < 1.29 is 4.74 Å². The van der Waals surface area contributed by atoms with Crippen molar-refractivity contribution in [3.05, 3.63) is 70.7 Å². The summed E-state index contributed by atoms with van der Waals surface area (Å²) in [5, 5.41) is 5.05. The number of ether oxygens (including phenoxy) is 1. The van der Waals surface area contributed by atoms with E-state index in [4.69, 9.17) is 10.5 Å². The molecule has 0 aliphatic heterocycles. The van der Waals surface area contributed by atoms with Gasteiger partial charge in [0.05, 0.1) is 16.9 Å². The second kappa shape index (κ2) is 6.56. The molecule has 8 heteroatoms. The first-order chi connectivity index (χ1) is 13.0. The van der Waals surface area contributed by atoms with E-state index in [1.54, 1.807) is 41.5 Å². The van der Waals surface area contributed by atoms with Gasteiger partial charge in [-0.1, -0.05) is 0 Å². The number of nitrogens with zero attached hydrogens (tertiary/aromatic N) is 4. The Morgan fingerprint density at radius 2 is 2.15 bits per heavy atom. The minimum absolute atomic E-state index is 0.222. The Morgan fingerprint density at radius 1 is 1.30 bits per heavy atom. The summed E-state index contributed by atoms with van der Waals surface area (Å²) in [6, 6.07) is 8.63. The lowest BCUT2D eigenvalue weighted by molar-refractivity contribution is 0.222. The number of hydrogen-bond donors (Lipinski definition) is 2. The number of aryl methyl sites for hydroxylation is 1. The highest BCUT2D eigenvalue weighted by Crippen LogP contribution is 2.30. The summed E-state index contributed by atoms with van der Waals surface area (Å²) < 4.78 is 7.70. The van der Waals surface area contributed by atoms with Crippen LogP contribution in [0.25, 0.3) is 16.6 Å². The number of rotatable bonds is 4. The first-order valence-electron chi connectivity index (χ1n) is 8.44. The lowest BCUT2D eigenvalue weighted by atomic mass is 10.2. The quantitative estimate of drug-likeness (QED) is 0.577. The van der Waals surface area contributed by atoms with Crippen LogP contribution in [0.3, 0.4) is 0 Å². The normalized spacial score (nSPS) is 12.2. The Labute approximate surface area is 154 Å². The largest absolute Gasteiger partial charge is 0.481 e. The fraction of sp³-hybridized carbons (Fsp3) is 0.158. The maximum absolute atomic E-state index is 11.9. The predicted octanol–water partition coefficient (Wildman–Crippen LogP) is 2.53. The third-order valence-electron chi connectivity index (χ3n) is 4.22. The smallest absolute Gasteiger partial charge is 0.248 e. The maximum atomic E-state index is 11.9. The van der Waals surface area contributed by atoms with E-state index in [0.717, 1.165) is 22.3 Å². The molecule has 1 atom stereocenters. The second-order valence-electron chi connectivity index (χ2n) is 6.22. The van der Waals surface area contributed by atoms with Gasteiger partial charge in [0.2, 0.25) is 5.56 Å². The van der Waals surface area contributed by atoms with Gasteiger partial charge < -0.3 is 15.5 Å². The first kappa shape index (κ1) is 16.8. The van der Waals surface area contributed by atoms with E-state index in [-0.39, 0.29) is 11.4 Å². The summed E-state index contributed by atoms with van der Waals surface area (Å²) in [5.74, 6) is 0.704. The molecule has 0 aliphatic carbocycles. The predicted molar refractivity (Wildman–Crippen MR) is 102 cm³/mol. The lowest BCUT2D eigenvalue weighted by Crippen LogP contribution is -2.17. The average Bonchev–Trinajstić information content (AvgIpc) is 3.17. The number of aromatic amines is 1. The van der Waals surface area contributed by atoms with Crippen LogP contribution in [0.5, 0.6) is 5.75 Å². The van der Waals surface area contributed by atoms with Gasteiger partial charge >= 0.3 is 0 Å². The number of nitrogens with one attached hydrogen (secondary N) is 1. The molecule has 0 aromatic carbocycles. The van der Waals surface area contributed by atoms with E-state index in [9.17, 15) is 4.79 Å². The van der Waals surface area contributed by atoms with Gasteiger partial charge in [0, 0.05) is 35.7 Å². The fourth-order valence-electron chi connectivity index (χ4n) is 2.91. The van der Waals surface area contributed by atoms with Gasteiger partial charge in [-0.05, 0) is 38.1 Å². The number of anilines is 1. The highest BCUT2D eigenvalue weighted by Gasteiger charge is 2.17. The average molecular weight is 362 g/mol. The Kier molecular flexibility index (Phi) is 4.08. The van der Waals surface area contributed by atoms with Crippen LogP contribution in [0.2, 0.25) is 0 Å². The minimum Gasteiger partial charge on any atom is -0.481 e. The Morgan fingerprint density at radius 3 is 2.93 bits per heavy atom. The highest BCUT2D eigenvalue weighted by molar-refractivity contribution is 5.82. The number of nitrogens with two attached hydrogens (primary N) is 1. The third-order valence-corrected chi connectivity index (χ3v) is 4.22. The molecule has 4 heterocycles. The zero-order chi connectivity index (χ0) is 19.0. The van der Waals surface area contributed by atoms with Gasteiger partial charge in [-0.2, -0.15) is 5.10 Å². The van der Waals surface area contributed by atoms with E-state index in [2.05, 4.69) is 20.1 Å². The summed E-state index contributed by atoms with van der Waals surface area (Å²) in [6.07, 6.45) is 4.71. The van der Waals surface area contributed by atoms with Crippen LogP contribution in [0.4, 0.5) is 5.82 Å². The molecule has 0 saturated heterocycles. The zero-order valence-corrected chi connectivity index (χ0v) is 14.9. The van der Waals surface area contributed by atoms with Gasteiger partial charge in [0.15, 0.2) is 11.6 Å². The number of hydrogen-bond acceptors (Lipinski definition) is 6. The number of fused-ring (bicyclic) bond motifs is 1. The molecule has 136 valence electrons. The standard InChI is InChI=1S/C19H18N6O2/c1-11-8-14-13(10-21-11)9-16(19(20)23-14)27-12(2)18-15(4-5-17(26)24-18)25-7-3-6-22-25/h3-10,12H,1-2H3,(H2,20,23)(H,24,26)/t12-/m0/s1. The molecular formula is C19H18N6O2. The van der Waals surface area contributed by atoms with Crippen LogP contribution in [0.1, 0.15) is 24.4 Å². The molecule has 0 saturated carbocycles. The molecule has 0 radical (unpaired) electrons. The molecule has 27 heavy (non-hydrogen) atoms. The molecule has 4 aromatic rings. The zero-order valence-electron chi connectivity index (χ0n) is 14.9. The maximum Gasteiger partial charge on any atom is 0.248 e. The van der Waals surface area contributed by atoms with Crippen LogP contribution in [0, 0.1) is 6.92 Å². The van der Waals surface area contributed by atoms with Gasteiger partial charge in [-0.3, -0.25) is 9.78 Å². The summed E-state index contributed by atoms with van der Waals surface area (Å²) in [6.45, 7) is 3.72. The molecule has 8 nitrogen and oxygen atoms in total. The summed E-state index contributed by atoms with van der Waals surface area (Å²) >= 11 is 0.